The molecule has 0 aliphatic rings. The van der Waals surface area contributed by atoms with Crippen LogP contribution in [0.4, 0.5) is 0 Å². The summed E-state index contributed by atoms with van der Waals surface area (Å²) < 4.78 is 0. The van der Waals surface area contributed by atoms with Gasteiger partial charge in [-0.15, -0.1) is 0 Å². The zero-order valence-corrected chi connectivity index (χ0v) is 40.6. The number of rotatable bonds is 51. The van der Waals surface area contributed by atoms with Crippen LogP contribution in [-0.2, 0) is 4.79 Å². The van der Waals surface area contributed by atoms with Crippen molar-refractivity contribution in [1.82, 2.24) is 5.32 Å². The topological polar surface area (TPSA) is 69.6 Å². The summed E-state index contributed by atoms with van der Waals surface area (Å²) in [7, 11) is 0. The highest BCUT2D eigenvalue weighted by molar-refractivity contribution is 5.76. The molecule has 0 spiro atoms. The van der Waals surface area contributed by atoms with Crippen LogP contribution in [0, 0.1) is 0 Å². The number of nitrogens with one attached hydrogen (secondary N) is 1. The van der Waals surface area contributed by atoms with Crippen molar-refractivity contribution >= 4 is 5.91 Å². The molecule has 0 radical (unpaired) electrons. The third kappa shape index (κ3) is 48.0. The molecule has 0 aromatic rings. The van der Waals surface area contributed by atoms with Gasteiger partial charge in [0.05, 0.1) is 18.8 Å². The van der Waals surface area contributed by atoms with Gasteiger partial charge in [-0.05, 0) is 19.3 Å². The van der Waals surface area contributed by atoms with Crippen LogP contribution in [0.3, 0.4) is 0 Å². The van der Waals surface area contributed by atoms with Gasteiger partial charge >= 0.3 is 0 Å². The van der Waals surface area contributed by atoms with Gasteiger partial charge in [-0.1, -0.05) is 302 Å². The SMILES string of the molecule is CCCCCCCCCCCCCCCC/C=C/[C@@H](O)[C@H](CO)NC(=O)CCCCCCCCCCCCCCCCCCCCCCCCCCCCCCCCC. The Balaban J connectivity index is 3.41. The van der Waals surface area contributed by atoms with Crippen LogP contribution < -0.4 is 5.32 Å². The lowest BCUT2D eigenvalue weighted by atomic mass is 10.0. The monoisotopic (exact) mass is 832 g/mol. The lowest BCUT2D eigenvalue weighted by Gasteiger charge is -2.20. The number of hydrogen-bond donors (Lipinski definition) is 3. The van der Waals surface area contributed by atoms with Crippen LogP contribution in [0.25, 0.3) is 0 Å². The molecule has 0 heterocycles. The first-order valence-corrected chi connectivity index (χ1v) is 27.4. The van der Waals surface area contributed by atoms with Crippen molar-refractivity contribution in [3.63, 3.8) is 0 Å². The van der Waals surface area contributed by atoms with Gasteiger partial charge in [0.1, 0.15) is 0 Å². The number of carbonyl (C=O) groups is 1. The molecule has 0 bridgehead atoms. The highest BCUT2D eigenvalue weighted by Gasteiger charge is 2.18. The Morgan fingerprint density at radius 2 is 0.627 bits per heavy atom. The average Bonchev–Trinajstić information content (AvgIpc) is 3.24. The fraction of sp³-hybridized carbons (Fsp3) is 0.945. The van der Waals surface area contributed by atoms with E-state index < -0.39 is 12.1 Å². The molecule has 0 aliphatic carbocycles. The first kappa shape index (κ1) is 58.1. The lowest BCUT2D eigenvalue weighted by Crippen LogP contribution is -2.45. The summed E-state index contributed by atoms with van der Waals surface area (Å²) in [6, 6.07) is -0.617. The van der Waals surface area contributed by atoms with Gasteiger partial charge in [-0.2, -0.15) is 0 Å². The van der Waals surface area contributed by atoms with Crippen molar-refractivity contribution in [3.8, 4) is 0 Å². The third-order valence-electron chi connectivity index (χ3n) is 13.0. The number of carbonyl (C=O) groups excluding carboxylic acids is 1. The van der Waals surface area contributed by atoms with E-state index in [2.05, 4.69) is 19.2 Å². The van der Waals surface area contributed by atoms with Crippen LogP contribution in [0.5, 0.6) is 0 Å². The van der Waals surface area contributed by atoms with Crippen molar-refractivity contribution < 1.29 is 15.0 Å². The molecule has 352 valence electrons. The van der Waals surface area contributed by atoms with Crippen molar-refractivity contribution in [3.05, 3.63) is 12.2 Å². The molecule has 4 nitrogen and oxygen atoms in total. The smallest absolute Gasteiger partial charge is 0.220 e. The van der Waals surface area contributed by atoms with Gasteiger partial charge in [-0.3, -0.25) is 4.79 Å². The predicted octanol–water partition coefficient (Wildman–Crippen LogP) is 17.8. The van der Waals surface area contributed by atoms with Gasteiger partial charge < -0.3 is 15.5 Å². The summed E-state index contributed by atoms with van der Waals surface area (Å²) in [5, 5.41) is 23.1. The molecule has 0 aliphatic heterocycles. The second-order valence-corrected chi connectivity index (χ2v) is 19.0. The maximum atomic E-state index is 12.4. The highest BCUT2D eigenvalue weighted by atomic mass is 16.3. The van der Waals surface area contributed by atoms with E-state index >= 15 is 0 Å². The van der Waals surface area contributed by atoms with E-state index in [1.807, 2.05) is 6.08 Å². The van der Waals surface area contributed by atoms with Gasteiger partial charge in [0.15, 0.2) is 0 Å². The molecule has 0 unspecified atom stereocenters. The Bertz CT molecular complexity index is 814. The molecule has 0 saturated heterocycles. The zero-order chi connectivity index (χ0) is 42.8. The van der Waals surface area contributed by atoms with Crippen LogP contribution in [0.2, 0.25) is 0 Å². The van der Waals surface area contributed by atoms with Crippen LogP contribution in [-0.4, -0.2) is 34.9 Å². The fourth-order valence-corrected chi connectivity index (χ4v) is 8.83. The van der Waals surface area contributed by atoms with Gasteiger partial charge in [-0.25, -0.2) is 0 Å². The number of hydrogen-bond acceptors (Lipinski definition) is 3. The normalized spacial score (nSPS) is 12.8. The molecule has 0 fully saturated rings. The molecular weight excluding hydrogens is 723 g/mol. The summed E-state index contributed by atoms with van der Waals surface area (Å²) in [6.07, 6.45) is 66.6. The van der Waals surface area contributed by atoms with Crippen molar-refractivity contribution in [2.75, 3.05) is 6.61 Å². The van der Waals surface area contributed by atoms with Gasteiger partial charge in [0.2, 0.25) is 5.91 Å². The average molecular weight is 832 g/mol. The summed E-state index contributed by atoms with van der Waals surface area (Å²) in [5.41, 5.74) is 0. The summed E-state index contributed by atoms with van der Waals surface area (Å²) in [6.45, 7) is 4.34. The maximum Gasteiger partial charge on any atom is 0.220 e. The number of allylic oxidation sites excluding steroid dienone is 1. The van der Waals surface area contributed by atoms with Crippen LogP contribution >= 0.6 is 0 Å². The van der Waals surface area contributed by atoms with E-state index in [-0.39, 0.29) is 12.5 Å². The largest absolute Gasteiger partial charge is 0.394 e. The Morgan fingerprint density at radius 3 is 0.881 bits per heavy atom. The maximum absolute atomic E-state index is 12.4. The van der Waals surface area contributed by atoms with E-state index in [4.69, 9.17) is 0 Å². The van der Waals surface area contributed by atoms with Gasteiger partial charge in [0.25, 0.3) is 0 Å². The first-order chi connectivity index (χ1) is 29.2. The standard InChI is InChI=1S/C55H109NO3/c1-3-5-7-9-11-13-15-17-19-21-22-23-24-25-26-27-28-29-30-31-32-33-34-35-37-39-41-43-45-47-49-51-55(59)56-53(52-57)54(58)50-48-46-44-42-40-38-36-20-18-16-14-12-10-8-6-4-2/h48,50,53-54,57-58H,3-47,49,51-52H2,1-2H3,(H,56,59)/b50-48+/t53-,54+/m0/s1. The second kappa shape index (κ2) is 51.5. The van der Waals surface area contributed by atoms with Crippen LogP contribution in [0.15, 0.2) is 12.2 Å². The summed E-state index contributed by atoms with van der Waals surface area (Å²) in [4.78, 5) is 12.4. The molecule has 4 heteroatoms. The fourth-order valence-electron chi connectivity index (χ4n) is 8.83. The molecule has 2 atom stereocenters. The molecule has 3 N–H and O–H groups in total. The van der Waals surface area contributed by atoms with Crippen LogP contribution in [0.1, 0.15) is 316 Å². The molecule has 59 heavy (non-hydrogen) atoms. The quantitative estimate of drug-likeness (QED) is 0.0422. The summed E-state index contributed by atoms with van der Waals surface area (Å²) in [5.74, 6) is -0.0566. The molecule has 0 saturated carbocycles. The number of aliphatic hydroxyl groups excluding tert-OH is 2. The Morgan fingerprint density at radius 1 is 0.390 bits per heavy atom. The Hall–Kier alpha value is -0.870. The van der Waals surface area contributed by atoms with E-state index in [0.717, 1.165) is 25.7 Å². The van der Waals surface area contributed by atoms with E-state index in [1.54, 1.807) is 6.08 Å². The van der Waals surface area contributed by atoms with E-state index in [1.165, 1.54) is 270 Å². The molecule has 1 amide bonds. The molecular formula is C55H109NO3. The molecule has 0 aromatic heterocycles. The minimum atomic E-state index is -0.834. The van der Waals surface area contributed by atoms with E-state index in [9.17, 15) is 15.0 Å². The minimum Gasteiger partial charge on any atom is -0.394 e. The van der Waals surface area contributed by atoms with Crippen molar-refractivity contribution in [2.45, 2.75) is 328 Å². The molecule has 0 rings (SSSR count). The summed E-state index contributed by atoms with van der Waals surface area (Å²) >= 11 is 0. The van der Waals surface area contributed by atoms with Gasteiger partial charge in [0, 0.05) is 6.42 Å². The second-order valence-electron chi connectivity index (χ2n) is 19.0. The van der Waals surface area contributed by atoms with Crippen molar-refractivity contribution in [2.24, 2.45) is 0 Å². The number of aliphatic hydroxyl groups is 2. The first-order valence-electron chi connectivity index (χ1n) is 27.4. The minimum absolute atomic E-state index is 0.0566. The molecule has 0 aromatic carbocycles. The number of amides is 1. The Labute approximate surface area is 371 Å². The predicted molar refractivity (Wildman–Crippen MR) is 263 cm³/mol. The zero-order valence-electron chi connectivity index (χ0n) is 40.6. The van der Waals surface area contributed by atoms with Crippen molar-refractivity contribution in [1.29, 1.82) is 0 Å². The Kier molecular flexibility index (Phi) is 50.7. The third-order valence-corrected chi connectivity index (χ3v) is 13.0. The highest BCUT2D eigenvalue weighted by Crippen LogP contribution is 2.18. The lowest BCUT2D eigenvalue weighted by molar-refractivity contribution is -0.123. The number of unbranched alkanes of at least 4 members (excludes halogenated alkanes) is 44. The van der Waals surface area contributed by atoms with E-state index in [0.29, 0.717) is 6.42 Å².